The highest BCUT2D eigenvalue weighted by molar-refractivity contribution is 5.92. The number of nitrogens with one attached hydrogen (secondary N) is 1. The SMILES string of the molecule is CC(C)C(=O)Nc1ccc(C2CCN(CCCCCCn3ccc4ccccc43)CC2)cc1. The van der Waals surface area contributed by atoms with Crippen LogP contribution >= 0.6 is 0 Å². The third kappa shape index (κ3) is 6.48. The summed E-state index contributed by atoms with van der Waals surface area (Å²) in [5.41, 5.74) is 3.67. The fraction of sp³-hybridized carbons (Fsp3) is 0.483. The topological polar surface area (TPSA) is 37.3 Å². The van der Waals surface area contributed by atoms with E-state index in [1.165, 1.54) is 74.6 Å². The molecule has 1 amide bonds. The average molecular weight is 446 g/mol. The van der Waals surface area contributed by atoms with Crippen LogP contribution in [-0.2, 0) is 11.3 Å². The number of anilines is 1. The van der Waals surface area contributed by atoms with Gasteiger partial charge in [-0.05, 0) is 86.5 Å². The number of aromatic nitrogens is 1. The molecular formula is C29H39N3O. The van der Waals surface area contributed by atoms with Crippen molar-refractivity contribution < 1.29 is 4.79 Å². The van der Waals surface area contributed by atoms with E-state index < -0.39 is 0 Å². The number of unbranched alkanes of at least 4 members (excludes halogenated alkanes) is 3. The zero-order valence-corrected chi connectivity index (χ0v) is 20.3. The summed E-state index contributed by atoms with van der Waals surface area (Å²) in [7, 11) is 0. The molecular weight excluding hydrogens is 406 g/mol. The Kier molecular flexibility index (Phi) is 8.22. The molecule has 1 fully saturated rings. The first-order valence-corrected chi connectivity index (χ1v) is 12.8. The number of hydrogen-bond acceptors (Lipinski definition) is 2. The zero-order valence-electron chi connectivity index (χ0n) is 20.3. The Morgan fingerprint density at radius 2 is 1.61 bits per heavy atom. The minimum Gasteiger partial charge on any atom is -0.347 e. The van der Waals surface area contributed by atoms with Crippen molar-refractivity contribution in [3.8, 4) is 0 Å². The summed E-state index contributed by atoms with van der Waals surface area (Å²) < 4.78 is 2.39. The number of benzene rings is 2. The van der Waals surface area contributed by atoms with E-state index in [1.54, 1.807) is 0 Å². The number of rotatable bonds is 10. The van der Waals surface area contributed by atoms with Gasteiger partial charge in [0.15, 0.2) is 0 Å². The second-order valence-corrected chi connectivity index (χ2v) is 9.86. The number of para-hydroxylation sites is 1. The van der Waals surface area contributed by atoms with Crippen molar-refractivity contribution in [3.05, 3.63) is 66.4 Å². The second-order valence-electron chi connectivity index (χ2n) is 9.86. The van der Waals surface area contributed by atoms with Gasteiger partial charge in [-0.3, -0.25) is 4.79 Å². The van der Waals surface area contributed by atoms with Crippen molar-refractivity contribution in [1.82, 2.24) is 9.47 Å². The smallest absolute Gasteiger partial charge is 0.226 e. The Labute approximate surface area is 199 Å². The maximum absolute atomic E-state index is 11.9. The summed E-state index contributed by atoms with van der Waals surface area (Å²) >= 11 is 0. The molecule has 4 nitrogen and oxygen atoms in total. The largest absolute Gasteiger partial charge is 0.347 e. The number of aryl methyl sites for hydroxylation is 1. The van der Waals surface area contributed by atoms with E-state index in [2.05, 4.69) is 75.6 Å². The molecule has 0 unspecified atom stereocenters. The summed E-state index contributed by atoms with van der Waals surface area (Å²) in [6.07, 6.45) is 9.89. The second kappa shape index (κ2) is 11.5. The van der Waals surface area contributed by atoms with Crippen LogP contribution in [0.5, 0.6) is 0 Å². The van der Waals surface area contributed by atoms with Crippen molar-refractivity contribution >= 4 is 22.5 Å². The van der Waals surface area contributed by atoms with Crippen LogP contribution in [0.25, 0.3) is 10.9 Å². The molecule has 0 atom stereocenters. The fourth-order valence-electron chi connectivity index (χ4n) is 4.92. The first kappa shape index (κ1) is 23.6. The molecule has 0 saturated carbocycles. The van der Waals surface area contributed by atoms with Crippen LogP contribution < -0.4 is 5.32 Å². The van der Waals surface area contributed by atoms with Gasteiger partial charge in [-0.15, -0.1) is 0 Å². The van der Waals surface area contributed by atoms with Crippen LogP contribution in [0.4, 0.5) is 5.69 Å². The van der Waals surface area contributed by atoms with E-state index in [0.717, 1.165) is 12.2 Å². The third-order valence-electron chi connectivity index (χ3n) is 7.07. The van der Waals surface area contributed by atoms with E-state index in [4.69, 9.17) is 0 Å². The molecule has 2 heterocycles. The van der Waals surface area contributed by atoms with Gasteiger partial charge in [-0.1, -0.05) is 57.0 Å². The number of likely N-dealkylation sites (tertiary alicyclic amines) is 1. The molecule has 0 bridgehead atoms. The fourth-order valence-corrected chi connectivity index (χ4v) is 4.92. The van der Waals surface area contributed by atoms with Crippen molar-refractivity contribution in [3.63, 3.8) is 0 Å². The van der Waals surface area contributed by atoms with Gasteiger partial charge in [0.2, 0.25) is 5.91 Å². The van der Waals surface area contributed by atoms with Crippen molar-refractivity contribution in [2.24, 2.45) is 5.92 Å². The molecule has 0 aliphatic carbocycles. The molecule has 0 radical (unpaired) electrons. The predicted molar refractivity (Wildman–Crippen MR) is 139 cm³/mol. The number of piperidine rings is 1. The van der Waals surface area contributed by atoms with Crippen LogP contribution in [0.1, 0.15) is 63.9 Å². The highest BCUT2D eigenvalue weighted by Gasteiger charge is 2.20. The quantitative estimate of drug-likeness (QED) is 0.354. The van der Waals surface area contributed by atoms with Gasteiger partial charge >= 0.3 is 0 Å². The van der Waals surface area contributed by atoms with E-state index in [-0.39, 0.29) is 11.8 Å². The van der Waals surface area contributed by atoms with Gasteiger partial charge in [-0.2, -0.15) is 0 Å². The maximum Gasteiger partial charge on any atom is 0.226 e. The summed E-state index contributed by atoms with van der Waals surface area (Å²) in [5.74, 6) is 0.732. The number of hydrogen-bond donors (Lipinski definition) is 1. The lowest BCUT2D eigenvalue weighted by molar-refractivity contribution is -0.118. The molecule has 176 valence electrons. The van der Waals surface area contributed by atoms with Crippen LogP contribution in [0.3, 0.4) is 0 Å². The lowest BCUT2D eigenvalue weighted by Crippen LogP contribution is -2.33. The number of fused-ring (bicyclic) bond motifs is 1. The van der Waals surface area contributed by atoms with Gasteiger partial charge in [0.1, 0.15) is 0 Å². The molecule has 1 aliphatic heterocycles. The number of amides is 1. The zero-order chi connectivity index (χ0) is 23.0. The predicted octanol–water partition coefficient (Wildman–Crippen LogP) is 6.68. The molecule has 1 N–H and O–H groups in total. The molecule has 3 aromatic rings. The Bertz CT molecular complexity index is 1010. The van der Waals surface area contributed by atoms with E-state index >= 15 is 0 Å². The highest BCUT2D eigenvalue weighted by atomic mass is 16.1. The normalized spacial score (nSPS) is 15.4. The van der Waals surface area contributed by atoms with E-state index in [9.17, 15) is 4.79 Å². The highest BCUT2D eigenvalue weighted by Crippen LogP contribution is 2.29. The van der Waals surface area contributed by atoms with Crippen LogP contribution in [-0.4, -0.2) is 35.0 Å². The summed E-state index contributed by atoms with van der Waals surface area (Å²) in [4.78, 5) is 14.5. The Balaban J connectivity index is 1.11. The van der Waals surface area contributed by atoms with Crippen molar-refractivity contribution in [1.29, 1.82) is 0 Å². The van der Waals surface area contributed by atoms with E-state index in [1.807, 2.05) is 13.8 Å². The van der Waals surface area contributed by atoms with Gasteiger partial charge in [0.25, 0.3) is 0 Å². The Hall–Kier alpha value is -2.59. The van der Waals surface area contributed by atoms with Crippen LogP contribution in [0.15, 0.2) is 60.8 Å². The molecule has 1 aliphatic rings. The summed E-state index contributed by atoms with van der Waals surface area (Å²) in [6, 6.07) is 19.4. The summed E-state index contributed by atoms with van der Waals surface area (Å²) in [6.45, 7) is 8.60. The van der Waals surface area contributed by atoms with Crippen molar-refractivity contribution in [2.75, 3.05) is 25.0 Å². The van der Waals surface area contributed by atoms with Crippen molar-refractivity contribution in [2.45, 2.75) is 64.8 Å². The molecule has 0 spiro atoms. The lowest BCUT2D eigenvalue weighted by atomic mass is 9.89. The van der Waals surface area contributed by atoms with E-state index in [0.29, 0.717) is 5.92 Å². The maximum atomic E-state index is 11.9. The summed E-state index contributed by atoms with van der Waals surface area (Å²) in [5, 5.41) is 4.33. The first-order valence-electron chi connectivity index (χ1n) is 12.8. The lowest BCUT2D eigenvalue weighted by Gasteiger charge is -2.32. The average Bonchev–Trinajstić information content (AvgIpc) is 3.25. The molecule has 1 aromatic heterocycles. The number of carbonyl (C=O) groups excluding carboxylic acids is 1. The molecule has 1 saturated heterocycles. The standard InChI is InChI=1S/C29H39N3O/c1-23(2)29(33)30-27-13-11-24(12-14-27)25-15-20-31(21-16-25)18-7-3-4-8-19-32-22-17-26-9-5-6-10-28(26)32/h5-6,9-14,17,22-23,25H,3-4,7-8,15-16,18-21H2,1-2H3,(H,30,33). The number of carbonyl (C=O) groups is 1. The first-order chi connectivity index (χ1) is 16.1. The monoisotopic (exact) mass is 445 g/mol. The van der Waals surface area contributed by atoms with Crippen LogP contribution in [0.2, 0.25) is 0 Å². The van der Waals surface area contributed by atoms with Gasteiger partial charge in [0.05, 0.1) is 0 Å². The molecule has 2 aromatic carbocycles. The molecule has 33 heavy (non-hydrogen) atoms. The van der Waals surface area contributed by atoms with Gasteiger partial charge < -0.3 is 14.8 Å². The van der Waals surface area contributed by atoms with Gasteiger partial charge in [0, 0.05) is 29.9 Å². The minimum atomic E-state index is 0.00809. The Morgan fingerprint density at radius 3 is 2.33 bits per heavy atom. The van der Waals surface area contributed by atoms with Gasteiger partial charge in [-0.25, -0.2) is 0 Å². The Morgan fingerprint density at radius 1 is 0.909 bits per heavy atom. The molecule has 4 heteroatoms. The van der Waals surface area contributed by atoms with Crippen LogP contribution in [0, 0.1) is 5.92 Å². The third-order valence-corrected chi connectivity index (χ3v) is 7.07. The number of nitrogens with zero attached hydrogens (tertiary/aromatic N) is 2. The molecule has 4 rings (SSSR count). The minimum absolute atomic E-state index is 0.00809.